The molecule has 1 saturated heterocycles. The van der Waals surface area contributed by atoms with E-state index in [1.807, 2.05) is 24.5 Å². The van der Waals surface area contributed by atoms with Crippen molar-refractivity contribution >= 4 is 21.1 Å². The second kappa shape index (κ2) is 5.93. The second-order valence-electron chi connectivity index (χ2n) is 6.50. The first-order valence-corrected chi connectivity index (χ1v) is 9.92. The highest BCUT2D eigenvalue weighted by molar-refractivity contribution is 7.89. The Morgan fingerprint density at radius 1 is 1.38 bits per heavy atom. The highest BCUT2D eigenvalue weighted by Gasteiger charge is 2.49. The number of rotatable bonds is 5. The van der Waals surface area contributed by atoms with Gasteiger partial charge in [-0.1, -0.05) is 0 Å². The molecule has 134 valence electrons. The van der Waals surface area contributed by atoms with Crippen molar-refractivity contribution in [3.8, 4) is 17.2 Å². The Hall–Kier alpha value is -2.70. The van der Waals surface area contributed by atoms with Gasteiger partial charge in [0.25, 0.3) is 0 Å². The molecule has 0 amide bonds. The first-order chi connectivity index (χ1) is 12.5. The summed E-state index contributed by atoms with van der Waals surface area (Å²) in [5.74, 6) is 0.0580. The quantitative estimate of drug-likeness (QED) is 0.735. The van der Waals surface area contributed by atoms with Crippen LogP contribution in [0.4, 0.5) is 0 Å². The molecule has 0 aromatic carbocycles. The highest BCUT2D eigenvalue weighted by Crippen LogP contribution is 2.36. The monoisotopic (exact) mass is 370 g/mol. The summed E-state index contributed by atoms with van der Waals surface area (Å²) in [7, 11) is -3.26. The maximum Gasteiger partial charge on any atom is 0.213 e. The van der Waals surface area contributed by atoms with Crippen molar-refractivity contribution in [2.45, 2.75) is 18.9 Å². The predicted molar refractivity (Wildman–Crippen MR) is 96.6 cm³/mol. The van der Waals surface area contributed by atoms with Crippen LogP contribution in [-0.4, -0.2) is 51.3 Å². The molecule has 0 bridgehead atoms. The molecular formula is C17H18N6O2S. The second-order valence-corrected chi connectivity index (χ2v) is 8.76. The fourth-order valence-electron chi connectivity index (χ4n) is 3.41. The molecule has 0 aliphatic carbocycles. The van der Waals surface area contributed by atoms with Gasteiger partial charge < -0.3 is 4.98 Å². The summed E-state index contributed by atoms with van der Waals surface area (Å²) in [5.41, 5.74) is 2.09. The predicted octanol–water partition coefficient (Wildman–Crippen LogP) is 1.70. The van der Waals surface area contributed by atoms with Gasteiger partial charge in [0.05, 0.1) is 24.4 Å². The molecule has 1 N–H and O–H groups in total. The zero-order valence-electron chi connectivity index (χ0n) is 14.3. The van der Waals surface area contributed by atoms with Crippen molar-refractivity contribution in [1.29, 1.82) is 5.26 Å². The summed E-state index contributed by atoms with van der Waals surface area (Å²) in [5, 5.41) is 14.7. The molecule has 1 aliphatic heterocycles. The van der Waals surface area contributed by atoms with Crippen LogP contribution in [0.25, 0.3) is 22.2 Å². The van der Waals surface area contributed by atoms with Gasteiger partial charge >= 0.3 is 0 Å². The van der Waals surface area contributed by atoms with E-state index < -0.39 is 15.6 Å². The highest BCUT2D eigenvalue weighted by atomic mass is 32.2. The molecule has 0 saturated carbocycles. The Balaban J connectivity index is 1.69. The smallest absolute Gasteiger partial charge is 0.213 e. The molecule has 8 nitrogen and oxygen atoms in total. The topological polar surface area (TPSA) is 108 Å². The van der Waals surface area contributed by atoms with E-state index >= 15 is 0 Å². The maximum atomic E-state index is 12.1. The number of hydrogen-bond donors (Lipinski definition) is 1. The number of nitriles is 1. The molecule has 1 aliphatic rings. The van der Waals surface area contributed by atoms with Crippen LogP contribution >= 0.6 is 0 Å². The van der Waals surface area contributed by atoms with Crippen molar-refractivity contribution < 1.29 is 8.42 Å². The van der Waals surface area contributed by atoms with E-state index in [1.165, 1.54) is 4.31 Å². The number of fused-ring (bicyclic) bond motifs is 1. The Bertz CT molecular complexity index is 1100. The van der Waals surface area contributed by atoms with Gasteiger partial charge in [-0.25, -0.2) is 13.4 Å². The number of H-pyrrole nitrogens is 1. The lowest BCUT2D eigenvalue weighted by molar-refractivity contribution is 0.0719. The largest absolute Gasteiger partial charge is 0.346 e. The average molecular weight is 370 g/mol. The number of aromatic amines is 1. The van der Waals surface area contributed by atoms with Gasteiger partial charge in [0.15, 0.2) is 0 Å². The fourth-order valence-corrected chi connectivity index (χ4v) is 4.65. The Labute approximate surface area is 151 Å². The van der Waals surface area contributed by atoms with Crippen molar-refractivity contribution in [2.24, 2.45) is 0 Å². The van der Waals surface area contributed by atoms with Crippen LogP contribution in [0, 0.1) is 11.3 Å². The van der Waals surface area contributed by atoms with E-state index in [9.17, 15) is 13.7 Å². The molecule has 0 spiro atoms. The Morgan fingerprint density at radius 2 is 2.19 bits per heavy atom. The molecule has 3 aromatic heterocycles. The molecule has 0 atom stereocenters. The molecule has 0 unspecified atom stereocenters. The van der Waals surface area contributed by atoms with Gasteiger partial charge in [-0.15, -0.1) is 0 Å². The molecular weight excluding hydrogens is 352 g/mol. The van der Waals surface area contributed by atoms with E-state index in [-0.39, 0.29) is 25.3 Å². The molecule has 9 heteroatoms. The first-order valence-electron chi connectivity index (χ1n) is 8.31. The summed E-state index contributed by atoms with van der Waals surface area (Å²) in [4.78, 5) is 7.37. The van der Waals surface area contributed by atoms with Gasteiger partial charge in [-0.3, -0.25) is 4.68 Å². The molecule has 26 heavy (non-hydrogen) atoms. The first kappa shape index (κ1) is 16.8. The maximum absolute atomic E-state index is 12.1. The van der Waals surface area contributed by atoms with Gasteiger partial charge in [0.2, 0.25) is 10.0 Å². The third kappa shape index (κ3) is 2.50. The number of sulfonamides is 1. The van der Waals surface area contributed by atoms with Crippen LogP contribution in [0.5, 0.6) is 0 Å². The number of aromatic nitrogens is 4. The van der Waals surface area contributed by atoms with Gasteiger partial charge in [-0.05, 0) is 24.6 Å². The van der Waals surface area contributed by atoms with Crippen LogP contribution < -0.4 is 0 Å². The molecule has 1 fully saturated rings. The van der Waals surface area contributed by atoms with E-state index in [0.717, 1.165) is 22.2 Å². The van der Waals surface area contributed by atoms with E-state index in [2.05, 4.69) is 21.1 Å². The minimum absolute atomic E-state index is 0.0580. The standard InChI is InChI=1S/C17H18N6O2S/c1-2-26(24,25)22-11-17(12-22,5-6-18)23-10-13(9-21-23)14-3-7-19-16-15(14)4-8-20-16/h3-4,7-10H,2,5,11-12H2,1H3,(H,19,20). The van der Waals surface area contributed by atoms with Gasteiger partial charge in [0, 0.05) is 42.6 Å². The minimum atomic E-state index is -3.26. The summed E-state index contributed by atoms with van der Waals surface area (Å²) in [6.45, 7) is 2.17. The lowest BCUT2D eigenvalue weighted by Crippen LogP contribution is -2.64. The van der Waals surface area contributed by atoms with Gasteiger partial charge in [0.1, 0.15) is 11.2 Å². The fraction of sp³-hybridized carbons (Fsp3) is 0.353. The summed E-state index contributed by atoms with van der Waals surface area (Å²) in [6.07, 6.45) is 7.41. The molecule has 4 heterocycles. The summed E-state index contributed by atoms with van der Waals surface area (Å²) < 4.78 is 27.3. The van der Waals surface area contributed by atoms with Crippen molar-refractivity contribution in [3.05, 3.63) is 36.9 Å². The average Bonchev–Trinajstić information content (AvgIpc) is 3.26. The number of nitrogens with zero attached hydrogens (tertiary/aromatic N) is 5. The zero-order chi connectivity index (χ0) is 18.4. The summed E-state index contributed by atoms with van der Waals surface area (Å²) >= 11 is 0. The SMILES string of the molecule is CCS(=O)(=O)N1CC(CC#N)(n2cc(-c3ccnc4[nH]ccc34)cn2)C1. The van der Waals surface area contributed by atoms with Gasteiger partial charge in [-0.2, -0.15) is 14.7 Å². The van der Waals surface area contributed by atoms with Crippen molar-refractivity contribution in [1.82, 2.24) is 24.1 Å². The van der Waals surface area contributed by atoms with Crippen LogP contribution in [0.2, 0.25) is 0 Å². The van der Waals surface area contributed by atoms with E-state index in [1.54, 1.807) is 24.0 Å². The van der Waals surface area contributed by atoms with Crippen molar-refractivity contribution in [2.75, 3.05) is 18.8 Å². The van der Waals surface area contributed by atoms with Crippen LogP contribution in [-0.2, 0) is 15.6 Å². The number of pyridine rings is 1. The molecule has 0 radical (unpaired) electrons. The Morgan fingerprint density at radius 3 is 2.92 bits per heavy atom. The minimum Gasteiger partial charge on any atom is -0.346 e. The molecule has 3 aromatic rings. The Kier molecular flexibility index (Phi) is 3.82. The van der Waals surface area contributed by atoms with E-state index in [4.69, 9.17) is 0 Å². The lowest BCUT2D eigenvalue weighted by Gasteiger charge is -2.47. The van der Waals surface area contributed by atoms with Crippen molar-refractivity contribution in [3.63, 3.8) is 0 Å². The third-order valence-corrected chi connectivity index (χ3v) is 6.72. The number of hydrogen-bond acceptors (Lipinski definition) is 5. The lowest BCUT2D eigenvalue weighted by atomic mass is 9.89. The number of nitrogens with one attached hydrogen (secondary N) is 1. The van der Waals surface area contributed by atoms with E-state index in [0.29, 0.717) is 0 Å². The normalized spacial score (nSPS) is 17.1. The summed E-state index contributed by atoms with van der Waals surface area (Å²) in [6, 6.07) is 6.05. The van der Waals surface area contributed by atoms with Crippen LogP contribution in [0.1, 0.15) is 13.3 Å². The third-order valence-electron chi connectivity index (χ3n) is 4.95. The zero-order valence-corrected chi connectivity index (χ0v) is 15.1. The molecule has 4 rings (SSSR count). The van der Waals surface area contributed by atoms with Crippen LogP contribution in [0.15, 0.2) is 36.9 Å². The van der Waals surface area contributed by atoms with Crippen LogP contribution in [0.3, 0.4) is 0 Å².